The Morgan fingerprint density at radius 1 is 1.42 bits per heavy atom. The molecular weight excluding hydrogens is 168 g/mol. The summed E-state index contributed by atoms with van der Waals surface area (Å²) in [6.07, 6.45) is 5.37. The first-order chi connectivity index (χ1) is 5.90. The monoisotopic (exact) mass is 180 g/mol. The smallest absolute Gasteiger partial charge is 0.0468 e. The maximum Gasteiger partial charge on any atom is 0.0468 e. The summed E-state index contributed by atoms with van der Waals surface area (Å²) in [4.78, 5) is 1.50. The SMILES string of the molecule is OCCC1=Cc2ccsc2CC1. The molecule has 2 rings (SSSR count). The molecular formula is C10H12OS. The summed E-state index contributed by atoms with van der Waals surface area (Å²) in [5.41, 5.74) is 2.76. The molecule has 1 aromatic rings. The van der Waals surface area contributed by atoms with Gasteiger partial charge in [0.15, 0.2) is 0 Å². The van der Waals surface area contributed by atoms with Crippen molar-refractivity contribution in [2.24, 2.45) is 0 Å². The minimum absolute atomic E-state index is 0.283. The van der Waals surface area contributed by atoms with Crippen molar-refractivity contribution >= 4 is 17.4 Å². The molecule has 1 N–H and O–H groups in total. The van der Waals surface area contributed by atoms with Gasteiger partial charge in [0.2, 0.25) is 0 Å². The molecule has 12 heavy (non-hydrogen) atoms. The van der Waals surface area contributed by atoms with Crippen LogP contribution >= 0.6 is 11.3 Å². The van der Waals surface area contributed by atoms with E-state index in [-0.39, 0.29) is 6.61 Å². The molecule has 1 heterocycles. The van der Waals surface area contributed by atoms with Gasteiger partial charge < -0.3 is 5.11 Å². The second-order valence-corrected chi connectivity index (χ2v) is 4.08. The lowest BCUT2D eigenvalue weighted by molar-refractivity contribution is 0.298. The van der Waals surface area contributed by atoms with Gasteiger partial charge >= 0.3 is 0 Å². The minimum atomic E-state index is 0.283. The molecule has 0 bridgehead atoms. The zero-order valence-electron chi connectivity index (χ0n) is 6.92. The summed E-state index contributed by atoms with van der Waals surface area (Å²) in [7, 11) is 0. The highest BCUT2D eigenvalue weighted by molar-refractivity contribution is 7.10. The van der Waals surface area contributed by atoms with Gasteiger partial charge in [0.25, 0.3) is 0 Å². The van der Waals surface area contributed by atoms with Crippen molar-refractivity contribution in [3.05, 3.63) is 27.5 Å². The highest BCUT2D eigenvalue weighted by atomic mass is 32.1. The topological polar surface area (TPSA) is 20.2 Å². The van der Waals surface area contributed by atoms with E-state index in [9.17, 15) is 0 Å². The highest BCUT2D eigenvalue weighted by Gasteiger charge is 2.10. The molecule has 1 aliphatic rings. The van der Waals surface area contributed by atoms with Gasteiger partial charge in [-0.15, -0.1) is 11.3 Å². The molecule has 1 nitrogen and oxygen atoms in total. The van der Waals surface area contributed by atoms with E-state index < -0.39 is 0 Å². The van der Waals surface area contributed by atoms with Crippen molar-refractivity contribution in [2.45, 2.75) is 19.3 Å². The average molecular weight is 180 g/mol. The van der Waals surface area contributed by atoms with Crippen LogP contribution in [0.1, 0.15) is 23.3 Å². The van der Waals surface area contributed by atoms with Gasteiger partial charge in [0, 0.05) is 11.5 Å². The van der Waals surface area contributed by atoms with Crippen molar-refractivity contribution < 1.29 is 5.11 Å². The second kappa shape index (κ2) is 3.42. The normalized spacial score (nSPS) is 15.6. The molecule has 1 aliphatic carbocycles. The molecule has 0 unspecified atom stereocenters. The summed E-state index contributed by atoms with van der Waals surface area (Å²) in [6, 6.07) is 2.16. The Bertz CT molecular complexity index is 299. The molecule has 0 spiro atoms. The van der Waals surface area contributed by atoms with Crippen molar-refractivity contribution in [1.29, 1.82) is 0 Å². The van der Waals surface area contributed by atoms with E-state index >= 15 is 0 Å². The Morgan fingerprint density at radius 3 is 3.17 bits per heavy atom. The van der Waals surface area contributed by atoms with E-state index in [1.54, 1.807) is 0 Å². The largest absolute Gasteiger partial charge is 0.396 e. The summed E-state index contributed by atoms with van der Waals surface area (Å²) < 4.78 is 0. The first-order valence-electron chi connectivity index (χ1n) is 4.27. The van der Waals surface area contributed by atoms with Crippen LogP contribution < -0.4 is 0 Å². The number of aliphatic hydroxyl groups is 1. The number of hydrogen-bond acceptors (Lipinski definition) is 2. The average Bonchev–Trinajstić information content (AvgIpc) is 2.51. The first kappa shape index (κ1) is 8.02. The number of aryl methyl sites for hydroxylation is 1. The fourth-order valence-corrected chi connectivity index (χ4v) is 2.45. The van der Waals surface area contributed by atoms with Gasteiger partial charge in [-0.3, -0.25) is 0 Å². The van der Waals surface area contributed by atoms with Crippen molar-refractivity contribution in [2.75, 3.05) is 6.61 Å². The van der Waals surface area contributed by atoms with E-state index in [1.807, 2.05) is 11.3 Å². The van der Waals surface area contributed by atoms with Crippen LogP contribution in [0.4, 0.5) is 0 Å². The summed E-state index contributed by atoms with van der Waals surface area (Å²) >= 11 is 1.84. The maximum atomic E-state index is 8.78. The number of thiophene rings is 1. The van der Waals surface area contributed by atoms with Crippen LogP contribution in [0.2, 0.25) is 0 Å². The Kier molecular flexibility index (Phi) is 2.28. The molecule has 1 aromatic heterocycles. The lowest BCUT2D eigenvalue weighted by atomic mass is 9.97. The minimum Gasteiger partial charge on any atom is -0.396 e. The lowest BCUT2D eigenvalue weighted by Gasteiger charge is -2.11. The predicted octanol–water partition coefficient (Wildman–Crippen LogP) is 2.46. The number of hydrogen-bond donors (Lipinski definition) is 1. The zero-order chi connectivity index (χ0) is 8.39. The van der Waals surface area contributed by atoms with Gasteiger partial charge in [-0.2, -0.15) is 0 Å². The summed E-state index contributed by atoms with van der Waals surface area (Å²) in [5.74, 6) is 0. The van der Waals surface area contributed by atoms with Crippen molar-refractivity contribution in [1.82, 2.24) is 0 Å². The fraction of sp³-hybridized carbons (Fsp3) is 0.400. The van der Waals surface area contributed by atoms with Crippen LogP contribution in [-0.4, -0.2) is 11.7 Å². The molecule has 0 atom stereocenters. The van der Waals surface area contributed by atoms with Gasteiger partial charge in [0.1, 0.15) is 0 Å². The van der Waals surface area contributed by atoms with E-state index in [0.29, 0.717) is 0 Å². The van der Waals surface area contributed by atoms with Crippen LogP contribution in [0, 0.1) is 0 Å². The quantitative estimate of drug-likeness (QED) is 0.741. The zero-order valence-corrected chi connectivity index (χ0v) is 7.73. The molecule has 2 heteroatoms. The highest BCUT2D eigenvalue weighted by Crippen LogP contribution is 2.29. The molecule has 0 radical (unpaired) electrons. The molecule has 0 aromatic carbocycles. The van der Waals surface area contributed by atoms with E-state index in [2.05, 4.69) is 17.5 Å². The van der Waals surface area contributed by atoms with Gasteiger partial charge in [-0.25, -0.2) is 0 Å². The Labute approximate surface area is 76.4 Å². The van der Waals surface area contributed by atoms with Crippen LogP contribution in [0.25, 0.3) is 6.08 Å². The van der Waals surface area contributed by atoms with E-state index in [4.69, 9.17) is 5.11 Å². The van der Waals surface area contributed by atoms with Crippen molar-refractivity contribution in [3.8, 4) is 0 Å². The van der Waals surface area contributed by atoms with Crippen LogP contribution in [0.5, 0.6) is 0 Å². The third-order valence-electron chi connectivity index (χ3n) is 2.25. The van der Waals surface area contributed by atoms with Crippen LogP contribution in [0.3, 0.4) is 0 Å². The van der Waals surface area contributed by atoms with Crippen LogP contribution in [-0.2, 0) is 6.42 Å². The molecule has 64 valence electrons. The van der Waals surface area contributed by atoms with E-state index in [0.717, 1.165) is 12.8 Å². The number of fused-ring (bicyclic) bond motifs is 1. The third-order valence-corrected chi connectivity index (χ3v) is 3.24. The third kappa shape index (κ3) is 1.45. The molecule has 0 aliphatic heterocycles. The van der Waals surface area contributed by atoms with E-state index in [1.165, 1.54) is 22.4 Å². The molecule has 0 saturated heterocycles. The Morgan fingerprint density at radius 2 is 2.33 bits per heavy atom. The van der Waals surface area contributed by atoms with Gasteiger partial charge in [0.05, 0.1) is 0 Å². The standard InChI is InChI=1S/C10H12OS/c11-5-3-8-1-2-10-9(7-8)4-6-12-10/h4,6-7,11H,1-3,5H2. The lowest BCUT2D eigenvalue weighted by Crippen LogP contribution is -1.97. The fourth-order valence-electron chi connectivity index (χ4n) is 1.59. The number of rotatable bonds is 2. The molecule has 0 fully saturated rings. The molecule has 0 saturated carbocycles. The van der Waals surface area contributed by atoms with Crippen molar-refractivity contribution in [3.63, 3.8) is 0 Å². The molecule has 0 amide bonds. The summed E-state index contributed by atoms with van der Waals surface area (Å²) in [6.45, 7) is 0.283. The van der Waals surface area contributed by atoms with Gasteiger partial charge in [-0.05, 0) is 36.3 Å². The first-order valence-corrected chi connectivity index (χ1v) is 5.15. The Balaban J connectivity index is 2.23. The summed E-state index contributed by atoms with van der Waals surface area (Å²) in [5, 5.41) is 10.9. The second-order valence-electron chi connectivity index (χ2n) is 3.08. The predicted molar refractivity (Wildman–Crippen MR) is 52.3 cm³/mol. The van der Waals surface area contributed by atoms with Crippen LogP contribution in [0.15, 0.2) is 17.0 Å². The number of aliphatic hydroxyl groups excluding tert-OH is 1. The Hall–Kier alpha value is -0.600. The maximum absolute atomic E-state index is 8.78. The van der Waals surface area contributed by atoms with Gasteiger partial charge in [-0.1, -0.05) is 11.6 Å².